The average molecular weight is 324 g/mol. The molecule has 1 aliphatic heterocycles. The first-order chi connectivity index (χ1) is 9.94. The average Bonchev–Trinajstić information content (AvgIpc) is 2.33. The third-order valence-electron chi connectivity index (χ3n) is 3.30. The number of piperidine rings is 1. The van der Waals surface area contributed by atoms with Gasteiger partial charge in [-0.05, 0) is 33.6 Å². The summed E-state index contributed by atoms with van der Waals surface area (Å²) in [7, 11) is 0. The van der Waals surface area contributed by atoms with Crippen molar-refractivity contribution in [2.45, 2.75) is 70.8 Å². The molecule has 5 nitrogen and oxygen atoms in total. The van der Waals surface area contributed by atoms with Crippen molar-refractivity contribution in [3.8, 4) is 0 Å². The van der Waals surface area contributed by atoms with Crippen molar-refractivity contribution in [3.05, 3.63) is 0 Å². The van der Waals surface area contributed by atoms with Crippen LogP contribution in [0.15, 0.2) is 0 Å². The summed E-state index contributed by atoms with van der Waals surface area (Å²) in [6, 6.07) is -2.32. The van der Waals surface area contributed by atoms with E-state index in [0.717, 1.165) is 4.90 Å². The summed E-state index contributed by atoms with van der Waals surface area (Å²) in [5, 5.41) is 2.53. The number of hydrogen-bond donors (Lipinski definition) is 1. The molecule has 0 radical (unpaired) electrons. The molecule has 2 atom stereocenters. The molecule has 1 aliphatic rings. The fourth-order valence-electron chi connectivity index (χ4n) is 2.38. The molecule has 22 heavy (non-hydrogen) atoms. The van der Waals surface area contributed by atoms with Gasteiger partial charge in [0.15, 0.2) is 0 Å². The van der Waals surface area contributed by atoms with E-state index in [4.69, 9.17) is 4.74 Å². The lowest BCUT2D eigenvalue weighted by Crippen LogP contribution is -2.58. The van der Waals surface area contributed by atoms with Crippen LogP contribution < -0.4 is 5.32 Å². The van der Waals surface area contributed by atoms with Gasteiger partial charge >= 0.3 is 12.3 Å². The fourth-order valence-corrected chi connectivity index (χ4v) is 2.38. The molecule has 1 N–H and O–H groups in total. The number of alkyl carbamates (subject to hydrolysis) is 1. The summed E-state index contributed by atoms with van der Waals surface area (Å²) in [4.78, 5) is 24.3. The molecule has 1 heterocycles. The third kappa shape index (κ3) is 5.38. The summed E-state index contributed by atoms with van der Waals surface area (Å²) in [5.41, 5.74) is -0.688. The van der Waals surface area contributed by atoms with Crippen molar-refractivity contribution < 1.29 is 27.5 Å². The molecule has 0 spiro atoms. The summed E-state index contributed by atoms with van der Waals surface area (Å²) in [6.07, 6.45) is -5.23. The summed E-state index contributed by atoms with van der Waals surface area (Å²) in [5.74, 6) is -0.571. The molecular weight excluding hydrogens is 301 g/mol. The highest BCUT2D eigenvalue weighted by molar-refractivity contribution is 5.76. The quantitative estimate of drug-likeness (QED) is 0.850. The number of nitrogens with zero attached hydrogens (tertiary/aromatic N) is 1. The van der Waals surface area contributed by atoms with Crippen LogP contribution in [0.4, 0.5) is 18.0 Å². The minimum atomic E-state index is -4.46. The van der Waals surface area contributed by atoms with Gasteiger partial charge < -0.3 is 15.0 Å². The second-order valence-corrected chi connectivity index (χ2v) is 6.38. The number of halogens is 3. The Hall–Kier alpha value is -1.47. The number of carbonyl (C=O) groups is 2. The van der Waals surface area contributed by atoms with Crippen LogP contribution in [0.2, 0.25) is 0 Å². The van der Waals surface area contributed by atoms with Gasteiger partial charge in [0.25, 0.3) is 0 Å². The first kappa shape index (κ1) is 18.6. The lowest BCUT2D eigenvalue weighted by atomic mass is 9.97. The van der Waals surface area contributed by atoms with Crippen LogP contribution in [0, 0.1) is 0 Å². The predicted octanol–water partition coefficient (Wildman–Crippen LogP) is 2.84. The van der Waals surface area contributed by atoms with Gasteiger partial charge in [0.2, 0.25) is 5.91 Å². The molecule has 0 aromatic heterocycles. The molecule has 1 rings (SSSR count). The standard InChI is InChI=1S/C14H23F3N2O3/c1-5-11(20)19-8-9(6-7-10(19)14(15,16)17)18-12(21)22-13(2,3)4/h9-10H,5-8H2,1-4H3,(H,18,21)/t9-,10+/m0/s1. The SMILES string of the molecule is CCC(=O)N1C[C@@H](NC(=O)OC(C)(C)C)CC[C@@H]1C(F)(F)F. The summed E-state index contributed by atoms with van der Waals surface area (Å²) in [6.45, 7) is 6.44. The van der Waals surface area contributed by atoms with Crippen LogP contribution in [0.25, 0.3) is 0 Å². The second-order valence-electron chi connectivity index (χ2n) is 6.38. The number of alkyl halides is 3. The Morgan fingerprint density at radius 1 is 1.23 bits per heavy atom. The Morgan fingerprint density at radius 3 is 2.27 bits per heavy atom. The Bertz CT molecular complexity index is 419. The molecule has 1 saturated heterocycles. The topological polar surface area (TPSA) is 58.6 Å². The van der Waals surface area contributed by atoms with Gasteiger partial charge in [-0.3, -0.25) is 4.79 Å². The van der Waals surface area contributed by atoms with E-state index in [2.05, 4.69) is 5.32 Å². The second kappa shape index (κ2) is 6.75. The Kier molecular flexibility index (Phi) is 5.70. The molecule has 1 fully saturated rings. The highest BCUT2D eigenvalue weighted by Crippen LogP contribution is 2.32. The van der Waals surface area contributed by atoms with Crippen LogP contribution in [0.3, 0.4) is 0 Å². The van der Waals surface area contributed by atoms with Crippen molar-refractivity contribution in [2.24, 2.45) is 0 Å². The first-order valence-electron chi connectivity index (χ1n) is 7.29. The largest absolute Gasteiger partial charge is 0.444 e. The number of rotatable bonds is 2. The number of carbonyl (C=O) groups excluding carboxylic acids is 2. The van der Waals surface area contributed by atoms with Crippen molar-refractivity contribution in [3.63, 3.8) is 0 Å². The van der Waals surface area contributed by atoms with E-state index >= 15 is 0 Å². The van der Waals surface area contributed by atoms with Crippen LogP contribution in [0.5, 0.6) is 0 Å². The van der Waals surface area contributed by atoms with Gasteiger partial charge in [0.1, 0.15) is 11.6 Å². The lowest BCUT2D eigenvalue weighted by molar-refractivity contribution is -0.197. The van der Waals surface area contributed by atoms with Gasteiger partial charge in [0.05, 0.1) is 0 Å². The minimum Gasteiger partial charge on any atom is -0.444 e. The number of ether oxygens (including phenoxy) is 1. The monoisotopic (exact) mass is 324 g/mol. The van der Waals surface area contributed by atoms with Crippen LogP contribution in [-0.4, -0.2) is 47.3 Å². The van der Waals surface area contributed by atoms with Crippen molar-refractivity contribution in [1.82, 2.24) is 10.2 Å². The summed E-state index contributed by atoms with van der Waals surface area (Å²) < 4.78 is 44.1. The zero-order chi connectivity index (χ0) is 17.1. The molecule has 0 bridgehead atoms. The van der Waals surface area contributed by atoms with Gasteiger partial charge in [-0.15, -0.1) is 0 Å². The Morgan fingerprint density at radius 2 is 1.82 bits per heavy atom. The van der Waals surface area contributed by atoms with Crippen LogP contribution in [-0.2, 0) is 9.53 Å². The summed E-state index contributed by atoms with van der Waals surface area (Å²) >= 11 is 0. The maximum absolute atomic E-state index is 13.0. The zero-order valence-electron chi connectivity index (χ0n) is 13.3. The molecule has 8 heteroatoms. The molecule has 128 valence electrons. The maximum atomic E-state index is 13.0. The number of hydrogen-bond acceptors (Lipinski definition) is 3. The van der Waals surface area contributed by atoms with Gasteiger partial charge in [-0.25, -0.2) is 4.79 Å². The Balaban J connectivity index is 2.72. The van der Waals surface area contributed by atoms with E-state index in [1.165, 1.54) is 6.92 Å². The molecule has 0 aliphatic carbocycles. The van der Waals surface area contributed by atoms with E-state index < -0.39 is 35.9 Å². The predicted molar refractivity (Wildman–Crippen MR) is 74.2 cm³/mol. The van der Waals surface area contributed by atoms with E-state index in [9.17, 15) is 22.8 Å². The third-order valence-corrected chi connectivity index (χ3v) is 3.30. The normalized spacial score (nSPS) is 23.1. The number of likely N-dealkylation sites (tertiary alicyclic amines) is 1. The highest BCUT2D eigenvalue weighted by atomic mass is 19.4. The Labute approximate surface area is 128 Å². The van der Waals surface area contributed by atoms with Crippen LogP contribution >= 0.6 is 0 Å². The van der Waals surface area contributed by atoms with Crippen molar-refractivity contribution in [1.29, 1.82) is 0 Å². The van der Waals surface area contributed by atoms with E-state index in [1.807, 2.05) is 0 Å². The minimum absolute atomic E-state index is 0.00820. The molecular formula is C14H23F3N2O3. The first-order valence-corrected chi connectivity index (χ1v) is 7.29. The van der Waals surface area contributed by atoms with Crippen molar-refractivity contribution in [2.75, 3.05) is 6.54 Å². The zero-order valence-corrected chi connectivity index (χ0v) is 13.3. The smallest absolute Gasteiger partial charge is 0.408 e. The van der Waals surface area contributed by atoms with Crippen LogP contribution in [0.1, 0.15) is 47.0 Å². The van der Waals surface area contributed by atoms with Gasteiger partial charge in [0, 0.05) is 19.0 Å². The molecule has 0 unspecified atom stereocenters. The van der Waals surface area contributed by atoms with E-state index in [0.29, 0.717) is 0 Å². The van der Waals surface area contributed by atoms with E-state index in [-0.39, 0.29) is 25.8 Å². The highest BCUT2D eigenvalue weighted by Gasteiger charge is 2.47. The number of amides is 2. The van der Waals surface area contributed by atoms with Gasteiger partial charge in [-0.1, -0.05) is 6.92 Å². The molecule has 0 aromatic rings. The maximum Gasteiger partial charge on any atom is 0.408 e. The fraction of sp³-hybridized carbons (Fsp3) is 0.857. The molecule has 0 saturated carbocycles. The van der Waals surface area contributed by atoms with E-state index in [1.54, 1.807) is 20.8 Å². The molecule has 2 amide bonds. The van der Waals surface area contributed by atoms with Crippen molar-refractivity contribution >= 4 is 12.0 Å². The lowest BCUT2D eigenvalue weighted by Gasteiger charge is -2.40. The van der Waals surface area contributed by atoms with Gasteiger partial charge in [-0.2, -0.15) is 13.2 Å². The molecule has 0 aromatic carbocycles. The number of nitrogens with one attached hydrogen (secondary N) is 1.